The Hall–Kier alpha value is -1.49. The van der Waals surface area contributed by atoms with E-state index in [9.17, 15) is 9.59 Å². The van der Waals surface area contributed by atoms with Gasteiger partial charge in [0.15, 0.2) is 0 Å². The number of carboxylic acids is 1. The maximum Gasteiger partial charge on any atom is 0.303 e. The number of rotatable bonds is 5. The highest BCUT2D eigenvalue weighted by molar-refractivity contribution is 7.99. The summed E-state index contributed by atoms with van der Waals surface area (Å²) < 4.78 is 0. The fourth-order valence-electron chi connectivity index (χ4n) is 1.95. The van der Waals surface area contributed by atoms with E-state index in [1.54, 1.807) is 11.8 Å². The summed E-state index contributed by atoms with van der Waals surface area (Å²) in [4.78, 5) is 23.5. The van der Waals surface area contributed by atoms with Crippen molar-refractivity contribution in [3.63, 3.8) is 0 Å². The molecule has 0 spiro atoms. The molecule has 0 bridgehead atoms. The number of nitrogens with one attached hydrogen (secondary N) is 1. The average molecular weight is 265 g/mol. The van der Waals surface area contributed by atoms with Gasteiger partial charge in [0.2, 0.25) is 5.91 Å². The quantitative estimate of drug-likeness (QED) is 0.797. The number of benzene rings is 1. The summed E-state index contributed by atoms with van der Waals surface area (Å²) in [7, 11) is 0. The number of carboxylic acid groups (broad SMARTS) is 1. The minimum atomic E-state index is -0.828. The van der Waals surface area contributed by atoms with Gasteiger partial charge in [-0.25, -0.2) is 0 Å². The molecule has 96 valence electrons. The number of hydrogen-bond donors (Lipinski definition) is 2. The SMILES string of the molecule is O=C(O)CCCNC(=O)C1CSc2ccccc21. The summed E-state index contributed by atoms with van der Waals surface area (Å²) in [6.45, 7) is 0.425. The van der Waals surface area contributed by atoms with Crippen LogP contribution >= 0.6 is 11.8 Å². The lowest BCUT2D eigenvalue weighted by Crippen LogP contribution is -2.30. The molecule has 1 aromatic rings. The molecular formula is C13H15NO3S. The van der Waals surface area contributed by atoms with Crippen molar-refractivity contribution in [3.8, 4) is 0 Å². The molecular weight excluding hydrogens is 250 g/mol. The van der Waals surface area contributed by atoms with Crippen molar-refractivity contribution in [1.29, 1.82) is 0 Å². The second-order valence-corrected chi connectivity index (χ2v) is 5.25. The van der Waals surface area contributed by atoms with E-state index in [1.165, 1.54) is 4.90 Å². The Morgan fingerprint density at radius 3 is 2.94 bits per heavy atom. The lowest BCUT2D eigenvalue weighted by molar-refractivity contribution is -0.137. The number of hydrogen-bond acceptors (Lipinski definition) is 3. The number of fused-ring (bicyclic) bond motifs is 1. The Bertz CT molecular complexity index is 461. The van der Waals surface area contributed by atoms with Crippen LogP contribution in [-0.2, 0) is 9.59 Å². The summed E-state index contributed by atoms with van der Waals surface area (Å²) in [5.74, 6) is -0.163. The molecule has 2 rings (SSSR count). The van der Waals surface area contributed by atoms with Crippen LogP contribution in [0.15, 0.2) is 29.2 Å². The van der Waals surface area contributed by atoms with E-state index in [2.05, 4.69) is 5.32 Å². The molecule has 0 saturated carbocycles. The first-order chi connectivity index (χ1) is 8.68. The molecule has 1 aromatic carbocycles. The van der Waals surface area contributed by atoms with E-state index >= 15 is 0 Å². The zero-order chi connectivity index (χ0) is 13.0. The van der Waals surface area contributed by atoms with Crippen molar-refractivity contribution in [2.75, 3.05) is 12.3 Å². The Labute approximate surface area is 110 Å². The molecule has 0 fully saturated rings. The maximum absolute atomic E-state index is 12.0. The molecule has 2 N–H and O–H groups in total. The van der Waals surface area contributed by atoms with E-state index in [1.807, 2.05) is 24.3 Å². The number of thioether (sulfide) groups is 1. The van der Waals surface area contributed by atoms with Gasteiger partial charge < -0.3 is 10.4 Å². The van der Waals surface area contributed by atoms with Crippen LogP contribution < -0.4 is 5.32 Å². The van der Waals surface area contributed by atoms with Crippen LogP contribution in [0.2, 0.25) is 0 Å². The smallest absolute Gasteiger partial charge is 0.303 e. The highest BCUT2D eigenvalue weighted by atomic mass is 32.2. The summed E-state index contributed by atoms with van der Waals surface area (Å²) in [5.41, 5.74) is 1.08. The summed E-state index contributed by atoms with van der Waals surface area (Å²) in [6, 6.07) is 7.92. The van der Waals surface area contributed by atoms with Gasteiger partial charge in [-0.2, -0.15) is 0 Å². The summed E-state index contributed by atoms with van der Waals surface area (Å²) in [5, 5.41) is 11.3. The molecule has 4 nitrogen and oxygen atoms in total. The van der Waals surface area contributed by atoms with E-state index < -0.39 is 5.97 Å². The maximum atomic E-state index is 12.0. The minimum Gasteiger partial charge on any atom is -0.481 e. The molecule has 18 heavy (non-hydrogen) atoms. The molecule has 0 aromatic heterocycles. The van der Waals surface area contributed by atoms with Crippen molar-refractivity contribution in [2.45, 2.75) is 23.7 Å². The van der Waals surface area contributed by atoms with E-state index in [0.29, 0.717) is 13.0 Å². The first kappa shape index (κ1) is 13.0. The third-order valence-electron chi connectivity index (χ3n) is 2.88. The van der Waals surface area contributed by atoms with Gasteiger partial charge in [0.25, 0.3) is 0 Å². The van der Waals surface area contributed by atoms with E-state index in [0.717, 1.165) is 11.3 Å². The topological polar surface area (TPSA) is 66.4 Å². The van der Waals surface area contributed by atoms with Gasteiger partial charge in [0, 0.05) is 23.6 Å². The number of carbonyl (C=O) groups excluding carboxylic acids is 1. The van der Waals surface area contributed by atoms with Gasteiger partial charge in [-0.05, 0) is 18.1 Å². The number of carbonyl (C=O) groups is 2. The molecule has 0 aliphatic carbocycles. The van der Waals surface area contributed by atoms with E-state index in [-0.39, 0.29) is 18.2 Å². The van der Waals surface area contributed by atoms with Crippen LogP contribution in [0.25, 0.3) is 0 Å². The van der Waals surface area contributed by atoms with Crippen molar-refractivity contribution < 1.29 is 14.7 Å². The van der Waals surface area contributed by atoms with Crippen LogP contribution in [0.1, 0.15) is 24.3 Å². The molecule has 1 aliphatic rings. The van der Waals surface area contributed by atoms with Crippen LogP contribution in [0.3, 0.4) is 0 Å². The highest BCUT2D eigenvalue weighted by Crippen LogP contribution is 2.39. The Kier molecular flexibility index (Phi) is 4.25. The zero-order valence-corrected chi connectivity index (χ0v) is 10.7. The first-order valence-electron chi connectivity index (χ1n) is 5.89. The van der Waals surface area contributed by atoms with Crippen molar-refractivity contribution >= 4 is 23.6 Å². The predicted molar refractivity (Wildman–Crippen MR) is 69.8 cm³/mol. The zero-order valence-electron chi connectivity index (χ0n) is 9.89. The normalized spacial score (nSPS) is 17.2. The second kappa shape index (κ2) is 5.91. The van der Waals surface area contributed by atoms with Crippen molar-refractivity contribution in [1.82, 2.24) is 5.32 Å². The summed E-state index contributed by atoms with van der Waals surface area (Å²) >= 11 is 1.69. The third-order valence-corrected chi connectivity index (χ3v) is 4.07. The molecule has 1 amide bonds. The Balaban J connectivity index is 1.86. The molecule has 0 radical (unpaired) electrons. The van der Waals surface area contributed by atoms with Gasteiger partial charge in [0.1, 0.15) is 0 Å². The van der Waals surface area contributed by atoms with Crippen LogP contribution in [0.5, 0.6) is 0 Å². The van der Waals surface area contributed by atoms with Gasteiger partial charge in [-0.15, -0.1) is 11.8 Å². The van der Waals surface area contributed by atoms with Crippen LogP contribution in [-0.4, -0.2) is 29.3 Å². The molecule has 5 heteroatoms. The highest BCUT2D eigenvalue weighted by Gasteiger charge is 2.28. The van der Waals surface area contributed by atoms with E-state index in [4.69, 9.17) is 5.11 Å². The Morgan fingerprint density at radius 1 is 1.39 bits per heavy atom. The predicted octanol–water partition coefficient (Wildman–Crippen LogP) is 1.86. The number of aliphatic carboxylic acids is 1. The summed E-state index contributed by atoms with van der Waals surface area (Å²) in [6.07, 6.45) is 0.568. The Morgan fingerprint density at radius 2 is 2.17 bits per heavy atom. The van der Waals surface area contributed by atoms with Gasteiger partial charge in [-0.1, -0.05) is 18.2 Å². The molecule has 1 atom stereocenters. The van der Waals surface area contributed by atoms with Gasteiger partial charge in [-0.3, -0.25) is 9.59 Å². The lowest BCUT2D eigenvalue weighted by Gasteiger charge is -2.11. The lowest BCUT2D eigenvalue weighted by atomic mass is 10.0. The van der Waals surface area contributed by atoms with Crippen molar-refractivity contribution in [3.05, 3.63) is 29.8 Å². The second-order valence-electron chi connectivity index (χ2n) is 4.19. The first-order valence-corrected chi connectivity index (χ1v) is 6.88. The molecule has 1 aliphatic heterocycles. The average Bonchev–Trinajstić information content (AvgIpc) is 2.78. The van der Waals surface area contributed by atoms with Gasteiger partial charge >= 0.3 is 5.97 Å². The minimum absolute atomic E-state index is 0.00200. The van der Waals surface area contributed by atoms with Crippen LogP contribution in [0, 0.1) is 0 Å². The number of amides is 1. The van der Waals surface area contributed by atoms with Crippen LogP contribution in [0.4, 0.5) is 0 Å². The van der Waals surface area contributed by atoms with Crippen molar-refractivity contribution in [2.24, 2.45) is 0 Å². The third kappa shape index (κ3) is 3.04. The molecule has 1 unspecified atom stereocenters. The standard InChI is InChI=1S/C13H15NO3S/c15-12(16)6-3-7-14-13(17)10-8-18-11-5-2-1-4-9(10)11/h1-2,4-5,10H,3,6-8H2,(H,14,17)(H,15,16). The fourth-order valence-corrected chi connectivity index (χ4v) is 3.18. The largest absolute Gasteiger partial charge is 0.481 e. The fraction of sp³-hybridized carbons (Fsp3) is 0.385. The van der Waals surface area contributed by atoms with Gasteiger partial charge in [0.05, 0.1) is 5.92 Å². The monoisotopic (exact) mass is 265 g/mol. The molecule has 1 heterocycles. The molecule has 0 saturated heterocycles.